The Hall–Kier alpha value is -2.04. The lowest BCUT2D eigenvalue weighted by molar-refractivity contribution is -0.114. The van der Waals surface area contributed by atoms with Crippen LogP contribution in [-0.2, 0) is 9.53 Å². The van der Waals surface area contributed by atoms with Gasteiger partial charge in [0.15, 0.2) is 0 Å². The highest BCUT2D eigenvalue weighted by molar-refractivity contribution is 5.86. The van der Waals surface area contributed by atoms with Crippen molar-refractivity contribution in [2.75, 3.05) is 11.9 Å². The average molecular weight is 313 g/mol. The zero-order chi connectivity index (χ0) is 16.2. The topological polar surface area (TPSA) is 67.0 Å². The summed E-state index contributed by atoms with van der Waals surface area (Å²) in [7, 11) is 0. The van der Waals surface area contributed by atoms with Crippen LogP contribution < -0.4 is 5.32 Å². The Morgan fingerprint density at radius 1 is 1.48 bits per heavy atom. The number of H-pyrrole nitrogens is 1. The quantitative estimate of drug-likeness (QED) is 0.899. The lowest BCUT2D eigenvalue weighted by atomic mass is 9.83. The maximum atomic E-state index is 11.2. The van der Waals surface area contributed by atoms with Crippen molar-refractivity contribution >= 4 is 11.9 Å². The van der Waals surface area contributed by atoms with Crippen LogP contribution in [0.1, 0.15) is 45.2 Å². The van der Waals surface area contributed by atoms with E-state index in [0.29, 0.717) is 23.7 Å². The van der Waals surface area contributed by atoms with Crippen LogP contribution in [0.3, 0.4) is 0 Å². The number of imidazole rings is 1. The van der Waals surface area contributed by atoms with Crippen LogP contribution in [0.2, 0.25) is 0 Å². The van der Waals surface area contributed by atoms with Gasteiger partial charge < -0.3 is 9.72 Å². The Balaban J connectivity index is 1.58. The van der Waals surface area contributed by atoms with Crippen molar-refractivity contribution < 1.29 is 9.53 Å². The van der Waals surface area contributed by atoms with Crippen molar-refractivity contribution in [2.45, 2.75) is 39.5 Å². The molecular formula is C18H23N3O2. The highest BCUT2D eigenvalue weighted by Gasteiger charge is 2.62. The normalized spacial score (nSPS) is 30.8. The third-order valence-electron chi connectivity index (χ3n) is 5.62. The summed E-state index contributed by atoms with van der Waals surface area (Å²) in [4.78, 5) is 18.7. The molecule has 1 aromatic heterocycles. The zero-order valence-corrected chi connectivity index (χ0v) is 13.8. The fourth-order valence-corrected chi connectivity index (χ4v) is 4.58. The number of aromatic nitrogens is 2. The molecule has 1 amide bonds. The molecule has 1 aromatic rings. The third kappa shape index (κ3) is 2.30. The van der Waals surface area contributed by atoms with Gasteiger partial charge in [-0.25, -0.2) is 4.98 Å². The molecule has 2 aliphatic carbocycles. The first-order valence-corrected chi connectivity index (χ1v) is 8.33. The Morgan fingerprint density at radius 2 is 2.30 bits per heavy atom. The van der Waals surface area contributed by atoms with Crippen LogP contribution in [0.4, 0.5) is 5.95 Å². The van der Waals surface area contributed by atoms with Crippen LogP contribution in [0.5, 0.6) is 0 Å². The van der Waals surface area contributed by atoms with Crippen LogP contribution >= 0.6 is 0 Å². The summed E-state index contributed by atoms with van der Waals surface area (Å²) < 4.78 is 5.75. The fraction of sp³-hybridized carbons (Fsp3) is 0.556. The van der Waals surface area contributed by atoms with E-state index >= 15 is 0 Å². The Bertz CT molecular complexity index is 714. The lowest BCUT2D eigenvalue weighted by Crippen LogP contribution is -2.12. The molecule has 5 nitrogen and oxygen atoms in total. The number of rotatable bonds is 3. The van der Waals surface area contributed by atoms with E-state index in [2.05, 4.69) is 41.3 Å². The van der Waals surface area contributed by atoms with E-state index < -0.39 is 0 Å². The first-order valence-electron chi connectivity index (χ1n) is 8.33. The number of anilines is 1. The van der Waals surface area contributed by atoms with Crippen molar-refractivity contribution in [3.8, 4) is 0 Å². The second kappa shape index (κ2) is 4.98. The summed E-state index contributed by atoms with van der Waals surface area (Å²) >= 11 is 0. The molecule has 122 valence electrons. The van der Waals surface area contributed by atoms with E-state index in [4.69, 9.17) is 4.74 Å². The minimum Gasteiger partial charge on any atom is -0.493 e. The van der Waals surface area contributed by atoms with Gasteiger partial charge >= 0.3 is 0 Å². The van der Waals surface area contributed by atoms with Gasteiger partial charge in [0.25, 0.3) is 0 Å². The standard InChI is InChI=1S/C18H23N3O2/c1-10(22)20-17-19-9-13(21-17)16-15(18(16,2)3)12-5-4-6-14-11(12)7-8-23-14/h4,6,9,12,15-16H,5,7-8H2,1-3H3,(H2,19,20,21,22)/t12?,15-,16-/m0/s1. The zero-order valence-electron chi connectivity index (χ0n) is 13.8. The number of nitrogens with one attached hydrogen (secondary N) is 2. The number of carbonyl (C=O) groups is 1. The highest BCUT2D eigenvalue weighted by atomic mass is 16.5. The molecule has 1 saturated carbocycles. The summed E-state index contributed by atoms with van der Waals surface area (Å²) in [5.41, 5.74) is 2.85. The monoisotopic (exact) mass is 313 g/mol. The molecule has 0 aromatic carbocycles. The molecule has 23 heavy (non-hydrogen) atoms. The highest BCUT2D eigenvalue weighted by Crippen LogP contribution is 2.69. The summed E-state index contributed by atoms with van der Waals surface area (Å²) in [6.07, 6.45) is 8.41. The second-order valence-corrected chi connectivity index (χ2v) is 7.43. The number of nitrogens with zero attached hydrogens (tertiary/aromatic N) is 1. The third-order valence-corrected chi connectivity index (χ3v) is 5.62. The van der Waals surface area contributed by atoms with Crippen LogP contribution in [0.15, 0.2) is 29.7 Å². The Labute approximate surface area is 136 Å². The van der Waals surface area contributed by atoms with E-state index in [-0.39, 0.29) is 11.3 Å². The molecule has 4 rings (SSSR count). The van der Waals surface area contributed by atoms with E-state index in [1.807, 2.05) is 6.20 Å². The van der Waals surface area contributed by atoms with Gasteiger partial charge in [-0.1, -0.05) is 19.9 Å². The van der Waals surface area contributed by atoms with E-state index in [1.54, 1.807) is 0 Å². The number of amides is 1. The molecule has 0 saturated heterocycles. The van der Waals surface area contributed by atoms with Gasteiger partial charge in [-0.3, -0.25) is 10.1 Å². The van der Waals surface area contributed by atoms with Crippen molar-refractivity contribution in [1.29, 1.82) is 0 Å². The summed E-state index contributed by atoms with van der Waals surface area (Å²) in [6, 6.07) is 0. The summed E-state index contributed by atoms with van der Waals surface area (Å²) in [6.45, 7) is 6.97. The van der Waals surface area contributed by atoms with E-state index in [1.165, 1.54) is 12.5 Å². The second-order valence-electron chi connectivity index (χ2n) is 7.43. The molecule has 2 N–H and O–H groups in total. The number of aromatic amines is 1. The number of carbonyl (C=O) groups excluding carboxylic acids is 1. The van der Waals surface area contributed by atoms with Crippen LogP contribution in [0.25, 0.3) is 0 Å². The minimum atomic E-state index is -0.104. The molecule has 0 radical (unpaired) electrons. The molecule has 1 aliphatic heterocycles. The van der Waals surface area contributed by atoms with Crippen molar-refractivity contribution in [1.82, 2.24) is 9.97 Å². The van der Waals surface area contributed by atoms with Crippen LogP contribution in [0, 0.1) is 17.3 Å². The largest absolute Gasteiger partial charge is 0.493 e. The molecule has 0 bridgehead atoms. The molecule has 3 atom stereocenters. The summed E-state index contributed by atoms with van der Waals surface area (Å²) in [5.74, 6) is 3.14. The van der Waals surface area contributed by atoms with Crippen molar-refractivity contribution in [2.24, 2.45) is 17.3 Å². The van der Waals surface area contributed by atoms with Gasteiger partial charge in [-0.2, -0.15) is 0 Å². The van der Waals surface area contributed by atoms with Gasteiger partial charge in [0.05, 0.1) is 12.8 Å². The molecule has 3 aliphatic rings. The first-order chi connectivity index (χ1) is 11.0. The molecule has 2 heterocycles. The van der Waals surface area contributed by atoms with Crippen molar-refractivity contribution in [3.05, 3.63) is 35.4 Å². The maximum Gasteiger partial charge on any atom is 0.223 e. The summed E-state index contributed by atoms with van der Waals surface area (Å²) in [5, 5.41) is 2.72. The number of allylic oxidation sites excluding steroid dienone is 2. The predicted molar refractivity (Wildman–Crippen MR) is 87.7 cm³/mol. The van der Waals surface area contributed by atoms with Crippen molar-refractivity contribution in [3.63, 3.8) is 0 Å². The first kappa shape index (κ1) is 14.5. The predicted octanol–water partition coefficient (Wildman–Crippen LogP) is 3.36. The molecule has 1 unspecified atom stereocenters. The number of hydrogen-bond acceptors (Lipinski definition) is 3. The average Bonchev–Trinajstić information content (AvgIpc) is 2.92. The van der Waals surface area contributed by atoms with E-state index in [0.717, 1.165) is 30.9 Å². The SMILES string of the molecule is CC(=O)Nc1ncc([C@H]2[C@H](C3CC=CC4=C3CCO4)C2(C)C)[nH]1. The van der Waals surface area contributed by atoms with Gasteiger partial charge in [0.2, 0.25) is 11.9 Å². The van der Waals surface area contributed by atoms with E-state index in [9.17, 15) is 4.79 Å². The molecule has 0 spiro atoms. The van der Waals surface area contributed by atoms with Gasteiger partial charge in [-0.05, 0) is 35.3 Å². The maximum absolute atomic E-state index is 11.2. The van der Waals surface area contributed by atoms with Gasteiger partial charge in [0.1, 0.15) is 5.76 Å². The fourth-order valence-electron chi connectivity index (χ4n) is 4.58. The molecular weight excluding hydrogens is 290 g/mol. The Morgan fingerprint density at radius 3 is 3.09 bits per heavy atom. The van der Waals surface area contributed by atoms with Gasteiger partial charge in [0, 0.05) is 25.0 Å². The smallest absolute Gasteiger partial charge is 0.223 e. The number of hydrogen-bond donors (Lipinski definition) is 2. The Kier molecular flexibility index (Phi) is 3.15. The molecule has 1 fully saturated rings. The molecule has 5 heteroatoms. The minimum absolute atomic E-state index is 0.104. The van der Waals surface area contributed by atoms with Gasteiger partial charge in [-0.15, -0.1) is 0 Å². The van der Waals surface area contributed by atoms with Crippen LogP contribution in [-0.4, -0.2) is 22.5 Å². The number of ether oxygens (including phenoxy) is 1. The lowest BCUT2D eigenvalue weighted by Gasteiger charge is -2.21.